The molecule has 0 bridgehead atoms. The first-order chi connectivity index (χ1) is 4.74. The zero-order valence-corrected chi connectivity index (χ0v) is 6.78. The molecule has 1 aliphatic rings. The van der Waals surface area contributed by atoms with Gasteiger partial charge in [-0.3, -0.25) is 0 Å². The molecule has 0 heterocycles. The third kappa shape index (κ3) is 1.38. The Morgan fingerprint density at radius 2 is 2.40 bits per heavy atom. The van der Waals surface area contributed by atoms with E-state index in [1.165, 1.54) is 23.1 Å². The van der Waals surface area contributed by atoms with Crippen LogP contribution in [0.5, 0.6) is 0 Å². The van der Waals surface area contributed by atoms with Gasteiger partial charge in [0, 0.05) is 0 Å². The van der Waals surface area contributed by atoms with Gasteiger partial charge in [0.2, 0.25) is 0 Å². The summed E-state index contributed by atoms with van der Waals surface area (Å²) in [5, 5.41) is 0. The lowest BCUT2D eigenvalue weighted by molar-refractivity contribution is 1.05. The van der Waals surface area contributed by atoms with Crippen LogP contribution in [0.1, 0.15) is 26.7 Å². The lowest BCUT2D eigenvalue weighted by Crippen LogP contribution is -1.73. The van der Waals surface area contributed by atoms with E-state index >= 15 is 0 Å². The first-order valence-electron chi connectivity index (χ1n) is 3.79. The van der Waals surface area contributed by atoms with Crippen LogP contribution in [0.25, 0.3) is 0 Å². The van der Waals surface area contributed by atoms with Crippen LogP contribution in [0, 0.1) is 0 Å². The number of rotatable bonds is 2. The van der Waals surface area contributed by atoms with Crippen LogP contribution >= 0.6 is 0 Å². The van der Waals surface area contributed by atoms with Gasteiger partial charge in [-0.1, -0.05) is 36.8 Å². The summed E-state index contributed by atoms with van der Waals surface area (Å²) in [5.74, 6) is 0. The Balaban J connectivity index is 2.68. The molecular formula is C10H14. The van der Waals surface area contributed by atoms with Crippen molar-refractivity contribution in [1.29, 1.82) is 0 Å². The van der Waals surface area contributed by atoms with Crippen LogP contribution < -0.4 is 0 Å². The highest BCUT2D eigenvalue weighted by molar-refractivity contribution is 5.44. The molecule has 0 saturated carbocycles. The van der Waals surface area contributed by atoms with E-state index in [9.17, 15) is 0 Å². The van der Waals surface area contributed by atoms with Gasteiger partial charge in [-0.25, -0.2) is 0 Å². The molecule has 0 aromatic rings. The van der Waals surface area contributed by atoms with Gasteiger partial charge >= 0.3 is 0 Å². The summed E-state index contributed by atoms with van der Waals surface area (Å²) in [5.41, 5.74) is 4.04. The molecule has 0 nitrogen and oxygen atoms in total. The minimum Gasteiger partial charge on any atom is -0.0955 e. The van der Waals surface area contributed by atoms with Crippen molar-refractivity contribution >= 4 is 0 Å². The number of allylic oxidation sites excluding steroid dienone is 5. The van der Waals surface area contributed by atoms with Crippen molar-refractivity contribution in [2.24, 2.45) is 0 Å². The standard InChI is InChI=1S/C10H14/c1-4-9-5-6-10(7-9)8(2)3/h6-7H,2,4-5H2,1,3H3. The number of hydrogen-bond acceptors (Lipinski definition) is 0. The van der Waals surface area contributed by atoms with Crippen LogP contribution in [0.3, 0.4) is 0 Å². The molecule has 0 heteroatoms. The predicted molar refractivity (Wildman–Crippen MR) is 45.9 cm³/mol. The first kappa shape index (κ1) is 7.33. The fourth-order valence-corrected chi connectivity index (χ4v) is 1.12. The van der Waals surface area contributed by atoms with Gasteiger partial charge in [0.05, 0.1) is 0 Å². The Kier molecular flexibility index (Phi) is 2.10. The fourth-order valence-electron chi connectivity index (χ4n) is 1.12. The van der Waals surface area contributed by atoms with E-state index in [1.54, 1.807) is 0 Å². The summed E-state index contributed by atoms with van der Waals surface area (Å²) < 4.78 is 0. The zero-order valence-electron chi connectivity index (χ0n) is 6.78. The molecule has 0 N–H and O–H groups in total. The Morgan fingerprint density at radius 3 is 2.70 bits per heavy atom. The lowest BCUT2D eigenvalue weighted by Gasteiger charge is -1.93. The number of hydrogen-bond donors (Lipinski definition) is 0. The third-order valence-corrected chi connectivity index (χ3v) is 1.89. The second-order valence-corrected chi connectivity index (χ2v) is 2.80. The molecular weight excluding hydrogens is 120 g/mol. The van der Waals surface area contributed by atoms with Crippen molar-refractivity contribution in [1.82, 2.24) is 0 Å². The quantitative estimate of drug-likeness (QED) is 0.544. The van der Waals surface area contributed by atoms with Gasteiger partial charge in [-0.15, -0.1) is 0 Å². The van der Waals surface area contributed by atoms with Crippen LogP contribution in [0.15, 0.2) is 35.5 Å². The van der Waals surface area contributed by atoms with Crippen molar-refractivity contribution in [3.05, 3.63) is 35.5 Å². The summed E-state index contributed by atoms with van der Waals surface area (Å²) in [6, 6.07) is 0. The lowest BCUT2D eigenvalue weighted by atomic mass is 10.1. The van der Waals surface area contributed by atoms with Crippen molar-refractivity contribution in [2.45, 2.75) is 26.7 Å². The largest absolute Gasteiger partial charge is 0.0955 e. The smallest absolute Gasteiger partial charge is 0.0126 e. The van der Waals surface area contributed by atoms with Crippen molar-refractivity contribution < 1.29 is 0 Å². The highest BCUT2D eigenvalue weighted by atomic mass is 14.1. The summed E-state index contributed by atoms with van der Waals surface area (Å²) in [6.45, 7) is 8.14. The molecule has 0 aromatic carbocycles. The average Bonchev–Trinajstić information content (AvgIpc) is 2.34. The Bertz CT molecular complexity index is 204. The van der Waals surface area contributed by atoms with Crippen LogP contribution in [-0.2, 0) is 0 Å². The molecule has 0 unspecified atom stereocenters. The van der Waals surface area contributed by atoms with Crippen molar-refractivity contribution in [3.8, 4) is 0 Å². The summed E-state index contributed by atoms with van der Waals surface area (Å²) in [4.78, 5) is 0. The maximum Gasteiger partial charge on any atom is -0.0126 e. The van der Waals surface area contributed by atoms with Gasteiger partial charge in [-0.05, 0) is 25.3 Å². The summed E-state index contributed by atoms with van der Waals surface area (Å²) in [6.07, 6.45) is 6.81. The maximum atomic E-state index is 3.89. The maximum absolute atomic E-state index is 3.89. The minimum atomic E-state index is 1.14. The second-order valence-electron chi connectivity index (χ2n) is 2.80. The van der Waals surface area contributed by atoms with E-state index in [4.69, 9.17) is 0 Å². The minimum absolute atomic E-state index is 1.14. The van der Waals surface area contributed by atoms with Crippen LogP contribution in [0.2, 0.25) is 0 Å². The highest BCUT2D eigenvalue weighted by Gasteiger charge is 2.03. The molecule has 0 spiro atoms. The predicted octanol–water partition coefficient (Wildman–Crippen LogP) is 3.23. The Morgan fingerprint density at radius 1 is 1.70 bits per heavy atom. The summed E-state index contributed by atoms with van der Waals surface area (Å²) >= 11 is 0. The Labute approximate surface area is 62.9 Å². The van der Waals surface area contributed by atoms with E-state index in [2.05, 4.69) is 32.6 Å². The van der Waals surface area contributed by atoms with Gasteiger partial charge in [-0.2, -0.15) is 0 Å². The molecule has 0 aromatic heterocycles. The molecule has 1 rings (SSSR count). The van der Waals surface area contributed by atoms with Gasteiger partial charge in [0.1, 0.15) is 0 Å². The second kappa shape index (κ2) is 2.87. The molecule has 54 valence electrons. The molecule has 0 atom stereocenters. The molecule has 0 amide bonds. The van der Waals surface area contributed by atoms with Gasteiger partial charge < -0.3 is 0 Å². The fraction of sp³-hybridized carbons (Fsp3) is 0.400. The van der Waals surface area contributed by atoms with E-state index < -0.39 is 0 Å². The molecule has 0 saturated heterocycles. The van der Waals surface area contributed by atoms with Crippen LogP contribution in [0.4, 0.5) is 0 Å². The van der Waals surface area contributed by atoms with Crippen molar-refractivity contribution in [2.75, 3.05) is 0 Å². The first-order valence-corrected chi connectivity index (χ1v) is 3.79. The van der Waals surface area contributed by atoms with E-state index in [-0.39, 0.29) is 0 Å². The average molecular weight is 134 g/mol. The topological polar surface area (TPSA) is 0 Å². The monoisotopic (exact) mass is 134 g/mol. The SMILES string of the molecule is C=C(C)C1=CCC(CC)=C1. The molecule has 10 heavy (non-hydrogen) atoms. The third-order valence-electron chi connectivity index (χ3n) is 1.89. The molecule has 0 aliphatic heterocycles. The van der Waals surface area contributed by atoms with Crippen LogP contribution in [-0.4, -0.2) is 0 Å². The highest BCUT2D eigenvalue weighted by Crippen LogP contribution is 2.23. The van der Waals surface area contributed by atoms with Crippen molar-refractivity contribution in [3.63, 3.8) is 0 Å². The van der Waals surface area contributed by atoms with E-state index in [1.807, 2.05) is 0 Å². The normalized spacial score (nSPS) is 16.6. The molecule has 1 aliphatic carbocycles. The summed E-state index contributed by atoms with van der Waals surface area (Å²) in [7, 11) is 0. The van der Waals surface area contributed by atoms with Gasteiger partial charge in [0.15, 0.2) is 0 Å². The van der Waals surface area contributed by atoms with Gasteiger partial charge in [0.25, 0.3) is 0 Å². The zero-order chi connectivity index (χ0) is 7.56. The van der Waals surface area contributed by atoms with E-state index in [0.29, 0.717) is 0 Å². The Hall–Kier alpha value is -0.780. The van der Waals surface area contributed by atoms with E-state index in [0.717, 1.165) is 6.42 Å². The molecule has 0 fully saturated rings. The molecule has 0 radical (unpaired) electrons.